The van der Waals surface area contributed by atoms with Crippen molar-refractivity contribution < 1.29 is 13.9 Å². The van der Waals surface area contributed by atoms with Gasteiger partial charge in [0, 0.05) is 17.8 Å². The van der Waals surface area contributed by atoms with E-state index in [1.807, 2.05) is 24.3 Å². The lowest BCUT2D eigenvalue weighted by Gasteiger charge is -2.29. The number of nitrogens with one attached hydrogen (secondary N) is 2. The zero-order chi connectivity index (χ0) is 18.4. The molecule has 0 saturated carbocycles. The van der Waals surface area contributed by atoms with E-state index in [1.54, 1.807) is 7.11 Å². The number of nitrogens with zero attached hydrogens (tertiary/aromatic N) is 1. The van der Waals surface area contributed by atoms with Crippen LogP contribution in [0.4, 0.5) is 14.9 Å². The minimum atomic E-state index is -0.332. The number of carbonyl (C=O) groups excluding carboxylic acids is 1. The summed E-state index contributed by atoms with van der Waals surface area (Å²) >= 11 is 0. The Morgan fingerprint density at radius 1 is 1.15 bits per heavy atom. The highest BCUT2D eigenvalue weighted by atomic mass is 19.1. The Morgan fingerprint density at radius 2 is 1.85 bits per heavy atom. The largest absolute Gasteiger partial charge is 0.496 e. The fourth-order valence-corrected chi connectivity index (χ4v) is 3.33. The maximum absolute atomic E-state index is 13.0. The van der Waals surface area contributed by atoms with Gasteiger partial charge < -0.3 is 15.4 Å². The van der Waals surface area contributed by atoms with Crippen LogP contribution in [0.5, 0.6) is 5.75 Å². The predicted molar refractivity (Wildman–Crippen MR) is 100.0 cm³/mol. The lowest BCUT2D eigenvalue weighted by Crippen LogP contribution is -2.38. The maximum Gasteiger partial charge on any atom is 0.319 e. The molecule has 1 saturated heterocycles. The van der Waals surface area contributed by atoms with Gasteiger partial charge >= 0.3 is 6.03 Å². The van der Waals surface area contributed by atoms with Gasteiger partial charge in [0.15, 0.2) is 0 Å². The van der Waals surface area contributed by atoms with Crippen LogP contribution in [0, 0.1) is 5.82 Å². The molecule has 0 bridgehead atoms. The second-order valence-electron chi connectivity index (χ2n) is 6.34. The van der Waals surface area contributed by atoms with Crippen molar-refractivity contribution in [2.45, 2.75) is 18.9 Å². The lowest BCUT2D eigenvalue weighted by molar-refractivity contribution is 0.224. The Hall–Kier alpha value is -2.60. The number of amides is 2. The number of methoxy groups -OCH3 is 1. The number of hydrogen-bond donors (Lipinski definition) is 2. The molecular weight excluding hydrogens is 333 g/mol. The summed E-state index contributed by atoms with van der Waals surface area (Å²) in [5.74, 6) is 0.492. The van der Waals surface area contributed by atoms with Crippen molar-refractivity contribution in [2.75, 3.05) is 32.1 Å². The van der Waals surface area contributed by atoms with E-state index in [2.05, 4.69) is 15.5 Å². The van der Waals surface area contributed by atoms with Crippen molar-refractivity contribution in [3.63, 3.8) is 0 Å². The highest BCUT2D eigenvalue weighted by molar-refractivity contribution is 5.89. The average molecular weight is 357 g/mol. The molecule has 2 N–H and O–H groups in total. The normalized spacial score (nSPS) is 15.5. The number of ether oxygens (including phenoxy) is 1. The van der Waals surface area contributed by atoms with Gasteiger partial charge in [-0.2, -0.15) is 0 Å². The summed E-state index contributed by atoms with van der Waals surface area (Å²) in [6.45, 7) is 2.47. The summed E-state index contributed by atoms with van der Waals surface area (Å²) in [6, 6.07) is 13.4. The molecule has 2 aromatic rings. The van der Waals surface area contributed by atoms with Crippen LogP contribution in [-0.2, 0) is 0 Å². The van der Waals surface area contributed by atoms with Crippen molar-refractivity contribution in [3.05, 3.63) is 59.9 Å². The molecule has 1 atom stereocenters. The fourth-order valence-electron chi connectivity index (χ4n) is 3.33. The number of anilines is 1. The minimum absolute atomic E-state index is 0.0487. The van der Waals surface area contributed by atoms with Crippen molar-refractivity contribution >= 4 is 11.7 Å². The van der Waals surface area contributed by atoms with Crippen LogP contribution < -0.4 is 15.4 Å². The molecule has 5 nitrogen and oxygen atoms in total. The summed E-state index contributed by atoms with van der Waals surface area (Å²) in [5, 5.41) is 5.66. The molecule has 1 unspecified atom stereocenters. The summed E-state index contributed by atoms with van der Waals surface area (Å²) < 4.78 is 18.5. The number of benzene rings is 2. The molecule has 0 aromatic heterocycles. The number of halogens is 1. The number of urea groups is 1. The van der Waals surface area contributed by atoms with E-state index in [0.29, 0.717) is 12.2 Å². The number of carbonyl (C=O) groups is 1. The van der Waals surface area contributed by atoms with Crippen molar-refractivity contribution in [1.29, 1.82) is 0 Å². The van der Waals surface area contributed by atoms with Crippen LogP contribution in [0.15, 0.2) is 48.5 Å². The summed E-state index contributed by atoms with van der Waals surface area (Å²) in [6.07, 6.45) is 2.32. The fraction of sp³-hybridized carbons (Fsp3) is 0.350. The van der Waals surface area contributed by atoms with Gasteiger partial charge in [-0.15, -0.1) is 0 Å². The molecule has 1 aliphatic heterocycles. The van der Waals surface area contributed by atoms with Gasteiger partial charge in [-0.1, -0.05) is 18.2 Å². The topological polar surface area (TPSA) is 53.6 Å². The van der Waals surface area contributed by atoms with Gasteiger partial charge in [0.05, 0.1) is 13.2 Å². The first-order valence-electron chi connectivity index (χ1n) is 8.85. The smallest absolute Gasteiger partial charge is 0.319 e. The monoisotopic (exact) mass is 357 g/mol. The van der Waals surface area contributed by atoms with Gasteiger partial charge in [-0.25, -0.2) is 9.18 Å². The first-order valence-corrected chi connectivity index (χ1v) is 8.85. The average Bonchev–Trinajstić information content (AvgIpc) is 3.18. The van der Waals surface area contributed by atoms with Crippen LogP contribution in [-0.4, -0.2) is 37.7 Å². The number of hydrogen-bond acceptors (Lipinski definition) is 3. The molecule has 2 amide bonds. The molecule has 1 heterocycles. The molecule has 138 valence electrons. The van der Waals surface area contributed by atoms with Gasteiger partial charge in [-0.3, -0.25) is 4.90 Å². The Morgan fingerprint density at radius 3 is 2.54 bits per heavy atom. The molecule has 3 rings (SSSR count). The quantitative estimate of drug-likeness (QED) is 0.827. The Labute approximate surface area is 153 Å². The third-order valence-electron chi connectivity index (χ3n) is 4.64. The Bertz CT molecular complexity index is 730. The molecule has 1 fully saturated rings. The van der Waals surface area contributed by atoms with E-state index < -0.39 is 0 Å². The van der Waals surface area contributed by atoms with Crippen LogP contribution in [0.3, 0.4) is 0 Å². The molecular formula is C20H24FN3O2. The van der Waals surface area contributed by atoms with E-state index in [1.165, 1.54) is 24.3 Å². The molecule has 2 aromatic carbocycles. The number of para-hydroxylation sites is 1. The van der Waals surface area contributed by atoms with Gasteiger partial charge in [0.25, 0.3) is 0 Å². The highest BCUT2D eigenvalue weighted by Crippen LogP contribution is 2.31. The number of likely N-dealkylation sites (tertiary alicyclic amines) is 1. The van der Waals surface area contributed by atoms with Crippen molar-refractivity contribution in [2.24, 2.45) is 0 Å². The van der Waals surface area contributed by atoms with E-state index in [-0.39, 0.29) is 17.9 Å². The van der Waals surface area contributed by atoms with Crippen LogP contribution >= 0.6 is 0 Å². The molecule has 26 heavy (non-hydrogen) atoms. The molecule has 0 spiro atoms. The summed E-state index contributed by atoms with van der Waals surface area (Å²) in [5.41, 5.74) is 1.62. The third kappa shape index (κ3) is 4.52. The second kappa shape index (κ2) is 8.67. The number of rotatable bonds is 6. The van der Waals surface area contributed by atoms with Gasteiger partial charge in [0.1, 0.15) is 11.6 Å². The molecule has 6 heteroatoms. The maximum atomic E-state index is 13.0. The molecule has 0 radical (unpaired) electrons. The minimum Gasteiger partial charge on any atom is -0.496 e. The zero-order valence-electron chi connectivity index (χ0n) is 14.9. The SMILES string of the molecule is COc1ccccc1C(CNC(=O)Nc1ccc(F)cc1)N1CCCC1. The highest BCUT2D eigenvalue weighted by Gasteiger charge is 2.26. The van der Waals surface area contributed by atoms with E-state index in [0.717, 1.165) is 37.2 Å². The second-order valence-corrected chi connectivity index (χ2v) is 6.34. The van der Waals surface area contributed by atoms with E-state index >= 15 is 0 Å². The van der Waals surface area contributed by atoms with Crippen LogP contribution in [0.2, 0.25) is 0 Å². The summed E-state index contributed by atoms with van der Waals surface area (Å²) in [7, 11) is 1.66. The predicted octanol–water partition coefficient (Wildman–Crippen LogP) is 3.79. The molecule has 0 aliphatic carbocycles. The zero-order valence-corrected chi connectivity index (χ0v) is 14.9. The van der Waals surface area contributed by atoms with Crippen LogP contribution in [0.25, 0.3) is 0 Å². The summed E-state index contributed by atoms with van der Waals surface area (Å²) in [4.78, 5) is 14.6. The van der Waals surface area contributed by atoms with Gasteiger partial charge in [-0.05, 0) is 56.3 Å². The first-order chi connectivity index (χ1) is 12.7. The standard InChI is InChI=1S/C20H24FN3O2/c1-26-19-7-3-2-6-17(19)18(24-12-4-5-13-24)14-22-20(25)23-16-10-8-15(21)9-11-16/h2-3,6-11,18H,4-5,12-14H2,1H3,(H2,22,23,25). The van der Waals surface area contributed by atoms with Crippen LogP contribution in [0.1, 0.15) is 24.4 Å². The van der Waals surface area contributed by atoms with Crippen molar-refractivity contribution in [1.82, 2.24) is 10.2 Å². The van der Waals surface area contributed by atoms with E-state index in [9.17, 15) is 9.18 Å². The van der Waals surface area contributed by atoms with E-state index in [4.69, 9.17) is 4.74 Å². The van der Waals surface area contributed by atoms with Crippen molar-refractivity contribution in [3.8, 4) is 5.75 Å². The first kappa shape index (κ1) is 18.2. The lowest BCUT2D eigenvalue weighted by atomic mass is 10.0. The Kier molecular flexibility index (Phi) is 6.07. The van der Waals surface area contributed by atoms with Gasteiger partial charge in [0.2, 0.25) is 0 Å². The third-order valence-corrected chi connectivity index (χ3v) is 4.64. The Balaban J connectivity index is 1.67. The molecule has 1 aliphatic rings.